The average molecular weight is 327 g/mol. The largest absolute Gasteiger partial charge is 0.494 e. The number of halogens is 1. The van der Waals surface area contributed by atoms with Gasteiger partial charge in [-0.15, -0.1) is 12.4 Å². The van der Waals surface area contributed by atoms with Gasteiger partial charge in [-0.05, 0) is 56.5 Å². The summed E-state index contributed by atoms with van der Waals surface area (Å²) in [7, 11) is 0. The van der Waals surface area contributed by atoms with Gasteiger partial charge in [-0.3, -0.25) is 4.79 Å². The maximum Gasteiger partial charge on any atom is 0.220 e. The van der Waals surface area contributed by atoms with Crippen LogP contribution in [0.4, 0.5) is 0 Å². The average Bonchev–Trinajstić information content (AvgIpc) is 2.53. The zero-order valence-corrected chi connectivity index (χ0v) is 14.1. The molecule has 0 saturated carbocycles. The summed E-state index contributed by atoms with van der Waals surface area (Å²) in [4.78, 5) is 11.9. The van der Waals surface area contributed by atoms with Crippen molar-refractivity contribution >= 4 is 18.3 Å². The van der Waals surface area contributed by atoms with Gasteiger partial charge >= 0.3 is 0 Å². The number of hydrogen-bond acceptors (Lipinski definition) is 3. The number of piperidine rings is 1. The molecule has 1 aromatic carbocycles. The number of hydrogen-bond donors (Lipinski definition) is 2. The van der Waals surface area contributed by atoms with E-state index in [9.17, 15) is 4.79 Å². The van der Waals surface area contributed by atoms with Gasteiger partial charge in [-0.2, -0.15) is 0 Å². The van der Waals surface area contributed by atoms with Crippen molar-refractivity contribution in [3.05, 3.63) is 29.8 Å². The smallest absolute Gasteiger partial charge is 0.220 e. The molecule has 1 saturated heterocycles. The lowest BCUT2D eigenvalue weighted by Gasteiger charge is -2.23. The molecule has 0 bridgehead atoms. The number of nitrogens with one attached hydrogen (secondary N) is 2. The van der Waals surface area contributed by atoms with E-state index in [1.807, 2.05) is 24.3 Å². The summed E-state index contributed by atoms with van der Waals surface area (Å²) in [6.07, 6.45) is 4.42. The van der Waals surface area contributed by atoms with Gasteiger partial charge in [0.05, 0.1) is 6.61 Å². The summed E-state index contributed by atoms with van der Waals surface area (Å²) in [5, 5.41) is 6.43. The molecule has 0 unspecified atom stereocenters. The molecule has 4 nitrogen and oxygen atoms in total. The molecule has 0 radical (unpaired) electrons. The van der Waals surface area contributed by atoms with Crippen molar-refractivity contribution in [3.8, 4) is 5.75 Å². The van der Waals surface area contributed by atoms with Gasteiger partial charge in [0, 0.05) is 12.5 Å². The van der Waals surface area contributed by atoms with Crippen LogP contribution in [0.25, 0.3) is 0 Å². The SMILES string of the molecule is CCCOc1ccc(CCC(=O)NC2CCNCC2)cc1.Cl. The van der Waals surface area contributed by atoms with Crippen molar-refractivity contribution in [1.82, 2.24) is 10.6 Å². The number of carbonyl (C=O) groups excluding carboxylic acids is 1. The van der Waals surface area contributed by atoms with Gasteiger partial charge in [-0.25, -0.2) is 0 Å². The summed E-state index contributed by atoms with van der Waals surface area (Å²) in [6, 6.07) is 8.40. The first-order valence-electron chi connectivity index (χ1n) is 7.99. The molecule has 1 amide bonds. The van der Waals surface area contributed by atoms with Crippen molar-refractivity contribution in [2.45, 2.75) is 45.1 Å². The normalized spacial score (nSPS) is 15.0. The van der Waals surface area contributed by atoms with Crippen LogP contribution in [0.3, 0.4) is 0 Å². The van der Waals surface area contributed by atoms with Crippen LogP contribution in [0, 0.1) is 0 Å². The highest BCUT2D eigenvalue weighted by atomic mass is 35.5. The third-order valence-corrected chi connectivity index (χ3v) is 3.74. The van der Waals surface area contributed by atoms with Gasteiger partial charge in [0.15, 0.2) is 0 Å². The van der Waals surface area contributed by atoms with E-state index in [1.165, 1.54) is 5.56 Å². The predicted molar refractivity (Wildman–Crippen MR) is 91.8 cm³/mol. The van der Waals surface area contributed by atoms with Crippen LogP contribution in [0.1, 0.15) is 38.2 Å². The highest BCUT2D eigenvalue weighted by molar-refractivity contribution is 5.85. The molecule has 2 rings (SSSR count). The van der Waals surface area contributed by atoms with Crippen LogP contribution in [0.5, 0.6) is 5.75 Å². The molecule has 1 fully saturated rings. The molecular formula is C17H27ClN2O2. The Morgan fingerprint density at radius 1 is 1.27 bits per heavy atom. The Bertz CT molecular complexity index is 431. The van der Waals surface area contributed by atoms with E-state index in [1.54, 1.807) is 0 Å². The molecule has 1 aliphatic heterocycles. The topological polar surface area (TPSA) is 50.4 Å². The number of aryl methyl sites for hydroxylation is 1. The molecule has 2 N–H and O–H groups in total. The Hall–Kier alpha value is -1.26. The lowest BCUT2D eigenvalue weighted by atomic mass is 10.1. The summed E-state index contributed by atoms with van der Waals surface area (Å²) < 4.78 is 5.55. The van der Waals surface area contributed by atoms with Crippen molar-refractivity contribution in [3.63, 3.8) is 0 Å². The third-order valence-electron chi connectivity index (χ3n) is 3.74. The molecule has 1 aliphatic rings. The van der Waals surface area contributed by atoms with E-state index >= 15 is 0 Å². The number of ether oxygens (including phenoxy) is 1. The molecule has 0 spiro atoms. The van der Waals surface area contributed by atoms with Gasteiger partial charge in [-0.1, -0.05) is 19.1 Å². The number of benzene rings is 1. The van der Waals surface area contributed by atoms with E-state index < -0.39 is 0 Å². The fourth-order valence-corrected chi connectivity index (χ4v) is 2.50. The Morgan fingerprint density at radius 2 is 1.95 bits per heavy atom. The Balaban J connectivity index is 0.00000242. The minimum absolute atomic E-state index is 0. The van der Waals surface area contributed by atoms with Crippen LogP contribution < -0.4 is 15.4 Å². The zero-order valence-electron chi connectivity index (χ0n) is 13.3. The third kappa shape index (κ3) is 6.67. The molecular weight excluding hydrogens is 300 g/mol. The molecule has 0 atom stereocenters. The van der Waals surface area contributed by atoms with Crippen LogP contribution in [-0.4, -0.2) is 31.6 Å². The highest BCUT2D eigenvalue weighted by Gasteiger charge is 2.14. The van der Waals surface area contributed by atoms with E-state index in [-0.39, 0.29) is 18.3 Å². The molecule has 5 heteroatoms. The molecule has 1 aromatic rings. The minimum Gasteiger partial charge on any atom is -0.494 e. The summed E-state index contributed by atoms with van der Waals surface area (Å²) in [5.41, 5.74) is 1.18. The summed E-state index contributed by atoms with van der Waals surface area (Å²) in [5.74, 6) is 1.06. The Kier molecular flexibility index (Phi) is 8.94. The van der Waals surface area contributed by atoms with Crippen LogP contribution in [0.2, 0.25) is 0 Å². The first kappa shape index (κ1) is 18.8. The monoisotopic (exact) mass is 326 g/mol. The molecule has 22 heavy (non-hydrogen) atoms. The second kappa shape index (κ2) is 10.5. The van der Waals surface area contributed by atoms with Gasteiger partial charge in [0.1, 0.15) is 5.75 Å². The van der Waals surface area contributed by atoms with E-state index in [0.29, 0.717) is 12.5 Å². The van der Waals surface area contributed by atoms with E-state index in [0.717, 1.165) is 51.1 Å². The number of rotatable bonds is 7. The maximum atomic E-state index is 11.9. The minimum atomic E-state index is 0. The van der Waals surface area contributed by atoms with Crippen LogP contribution in [0.15, 0.2) is 24.3 Å². The second-order valence-corrected chi connectivity index (χ2v) is 5.58. The van der Waals surface area contributed by atoms with Gasteiger partial charge < -0.3 is 15.4 Å². The molecule has 124 valence electrons. The maximum absolute atomic E-state index is 11.9. The fourth-order valence-electron chi connectivity index (χ4n) is 2.50. The predicted octanol–water partition coefficient (Wildman–Crippen LogP) is 2.70. The number of carbonyl (C=O) groups is 1. The standard InChI is InChI=1S/C17H26N2O2.ClH/c1-2-13-21-16-6-3-14(4-7-16)5-8-17(20)19-15-9-11-18-12-10-15;/h3-4,6-7,15,18H,2,5,8-13H2,1H3,(H,19,20);1H. The summed E-state index contributed by atoms with van der Waals surface area (Å²) >= 11 is 0. The molecule has 1 heterocycles. The Labute approximate surface area is 139 Å². The fraction of sp³-hybridized carbons (Fsp3) is 0.588. The van der Waals surface area contributed by atoms with Crippen molar-refractivity contribution in [2.75, 3.05) is 19.7 Å². The van der Waals surface area contributed by atoms with E-state index in [2.05, 4.69) is 17.6 Å². The molecule has 0 aromatic heterocycles. The van der Waals surface area contributed by atoms with Crippen molar-refractivity contribution in [1.29, 1.82) is 0 Å². The lowest BCUT2D eigenvalue weighted by Crippen LogP contribution is -2.42. The second-order valence-electron chi connectivity index (χ2n) is 5.58. The van der Waals surface area contributed by atoms with Gasteiger partial charge in [0.25, 0.3) is 0 Å². The lowest BCUT2D eigenvalue weighted by molar-refractivity contribution is -0.121. The van der Waals surface area contributed by atoms with Gasteiger partial charge in [0.2, 0.25) is 5.91 Å². The van der Waals surface area contributed by atoms with E-state index in [4.69, 9.17) is 4.74 Å². The van der Waals surface area contributed by atoms with Crippen LogP contribution >= 0.6 is 12.4 Å². The van der Waals surface area contributed by atoms with Crippen LogP contribution in [-0.2, 0) is 11.2 Å². The number of amides is 1. The van der Waals surface area contributed by atoms with Crippen molar-refractivity contribution in [2.24, 2.45) is 0 Å². The first-order chi connectivity index (χ1) is 10.3. The summed E-state index contributed by atoms with van der Waals surface area (Å²) in [6.45, 7) is 4.85. The van der Waals surface area contributed by atoms with Crippen molar-refractivity contribution < 1.29 is 9.53 Å². The quantitative estimate of drug-likeness (QED) is 0.810. The molecule has 0 aliphatic carbocycles. The Morgan fingerprint density at radius 3 is 2.59 bits per heavy atom. The first-order valence-corrected chi connectivity index (χ1v) is 7.99. The highest BCUT2D eigenvalue weighted by Crippen LogP contribution is 2.13. The zero-order chi connectivity index (χ0) is 14.9.